The number of hydrogen-bond acceptors (Lipinski definition) is 4. The van der Waals surface area contributed by atoms with Crippen molar-refractivity contribution in [1.29, 1.82) is 0 Å². The fourth-order valence-electron chi connectivity index (χ4n) is 2.94. The Morgan fingerprint density at radius 1 is 1.19 bits per heavy atom. The van der Waals surface area contributed by atoms with Crippen LogP contribution in [0.15, 0.2) is 35.3 Å². The molecule has 0 unspecified atom stereocenters. The summed E-state index contributed by atoms with van der Waals surface area (Å²) in [6.45, 7) is 5.29. The number of nitrogens with zero attached hydrogens (tertiary/aromatic N) is 2. The highest BCUT2D eigenvalue weighted by Gasteiger charge is 2.26. The van der Waals surface area contributed by atoms with E-state index in [-0.39, 0.29) is 17.8 Å². The molecule has 1 aromatic rings. The number of hydrogen-bond donors (Lipinski definition) is 2. The van der Waals surface area contributed by atoms with Crippen molar-refractivity contribution in [1.82, 2.24) is 15.5 Å². The first-order valence-electron chi connectivity index (χ1n) is 9.10. The van der Waals surface area contributed by atoms with Crippen molar-refractivity contribution in [2.24, 2.45) is 10.9 Å². The van der Waals surface area contributed by atoms with Crippen LogP contribution in [-0.2, 0) is 9.53 Å². The van der Waals surface area contributed by atoms with Gasteiger partial charge in [-0.25, -0.2) is 0 Å². The van der Waals surface area contributed by atoms with E-state index in [0.29, 0.717) is 18.7 Å². The first-order chi connectivity index (χ1) is 12.7. The van der Waals surface area contributed by atoms with Crippen LogP contribution in [0.3, 0.4) is 0 Å². The number of likely N-dealkylation sites (tertiary alicyclic amines) is 1. The van der Waals surface area contributed by atoms with Crippen LogP contribution in [-0.4, -0.2) is 62.6 Å². The molecule has 7 nitrogen and oxygen atoms in total. The smallest absolute Gasteiger partial charge is 0.308 e. The number of aliphatic imine (C=N–C) groups is 1. The van der Waals surface area contributed by atoms with Gasteiger partial charge in [0.2, 0.25) is 0 Å². The van der Waals surface area contributed by atoms with Gasteiger partial charge in [0.15, 0.2) is 5.96 Å². The van der Waals surface area contributed by atoms with Crippen molar-refractivity contribution in [3.05, 3.63) is 35.9 Å². The van der Waals surface area contributed by atoms with Crippen LogP contribution >= 0.6 is 0 Å². The van der Waals surface area contributed by atoms with Gasteiger partial charge >= 0.3 is 5.97 Å². The Morgan fingerprint density at radius 2 is 1.88 bits per heavy atom. The number of carbonyl (C=O) groups excluding carboxylic acids is 2. The number of piperidine rings is 1. The highest BCUT2D eigenvalue weighted by molar-refractivity contribution is 5.94. The topological polar surface area (TPSA) is 83.0 Å². The number of ether oxygens (including phenoxy) is 1. The third kappa shape index (κ3) is 5.75. The molecule has 1 amide bonds. The van der Waals surface area contributed by atoms with E-state index in [0.717, 1.165) is 38.4 Å². The number of guanidine groups is 1. The van der Waals surface area contributed by atoms with E-state index in [9.17, 15) is 9.59 Å². The molecule has 0 spiro atoms. The zero-order valence-electron chi connectivity index (χ0n) is 15.5. The van der Waals surface area contributed by atoms with Gasteiger partial charge in [-0.05, 0) is 31.9 Å². The van der Waals surface area contributed by atoms with Gasteiger partial charge in [-0.2, -0.15) is 0 Å². The van der Waals surface area contributed by atoms with Gasteiger partial charge in [0.25, 0.3) is 5.91 Å². The van der Waals surface area contributed by atoms with Crippen LogP contribution in [0.2, 0.25) is 0 Å². The summed E-state index contributed by atoms with van der Waals surface area (Å²) in [7, 11) is 1.43. The molecular formula is C19H28N4O3. The minimum absolute atomic E-state index is 0.0238. The number of carbonyl (C=O) groups is 2. The van der Waals surface area contributed by atoms with E-state index in [1.165, 1.54) is 7.11 Å². The summed E-state index contributed by atoms with van der Waals surface area (Å²) in [6, 6.07) is 9.14. The van der Waals surface area contributed by atoms with E-state index in [1.54, 1.807) is 12.1 Å². The predicted molar refractivity (Wildman–Crippen MR) is 101 cm³/mol. The summed E-state index contributed by atoms with van der Waals surface area (Å²) < 4.78 is 4.83. The van der Waals surface area contributed by atoms with Crippen LogP contribution in [0.1, 0.15) is 30.1 Å². The Kier molecular flexibility index (Phi) is 7.92. The molecule has 0 aliphatic carbocycles. The Morgan fingerprint density at radius 3 is 2.50 bits per heavy atom. The average Bonchev–Trinajstić information content (AvgIpc) is 2.70. The molecule has 1 heterocycles. The van der Waals surface area contributed by atoms with E-state index in [2.05, 4.69) is 20.5 Å². The first kappa shape index (κ1) is 19.8. The number of esters is 1. The summed E-state index contributed by atoms with van der Waals surface area (Å²) in [5, 5.41) is 6.15. The average molecular weight is 360 g/mol. The lowest BCUT2D eigenvalue weighted by Gasteiger charge is -2.33. The molecule has 0 aromatic heterocycles. The molecule has 1 aliphatic rings. The number of nitrogens with one attached hydrogen (secondary N) is 2. The summed E-state index contributed by atoms with van der Waals surface area (Å²) >= 11 is 0. The highest BCUT2D eigenvalue weighted by atomic mass is 16.5. The largest absolute Gasteiger partial charge is 0.469 e. The van der Waals surface area contributed by atoms with Gasteiger partial charge in [0, 0.05) is 31.7 Å². The summed E-state index contributed by atoms with van der Waals surface area (Å²) in [4.78, 5) is 30.4. The van der Waals surface area contributed by atoms with Crippen molar-refractivity contribution < 1.29 is 14.3 Å². The Hall–Kier alpha value is -2.57. The highest BCUT2D eigenvalue weighted by Crippen LogP contribution is 2.18. The quantitative estimate of drug-likeness (QED) is 0.345. The van der Waals surface area contributed by atoms with Crippen LogP contribution in [0.4, 0.5) is 0 Å². The molecular weight excluding hydrogens is 332 g/mol. The minimum Gasteiger partial charge on any atom is -0.469 e. The first-order valence-corrected chi connectivity index (χ1v) is 9.10. The number of rotatable bonds is 6. The maximum Gasteiger partial charge on any atom is 0.308 e. The summed E-state index contributed by atoms with van der Waals surface area (Å²) in [6.07, 6.45) is 1.53. The monoisotopic (exact) mass is 360 g/mol. The molecule has 7 heteroatoms. The van der Waals surface area contributed by atoms with Crippen molar-refractivity contribution in [2.45, 2.75) is 19.8 Å². The van der Waals surface area contributed by atoms with E-state index >= 15 is 0 Å². The molecule has 1 fully saturated rings. The van der Waals surface area contributed by atoms with E-state index < -0.39 is 0 Å². The second kappa shape index (κ2) is 10.4. The van der Waals surface area contributed by atoms with Crippen molar-refractivity contribution in [2.75, 3.05) is 39.8 Å². The maximum absolute atomic E-state index is 12.0. The second-order valence-corrected chi connectivity index (χ2v) is 6.14. The Bertz CT molecular complexity index is 610. The van der Waals surface area contributed by atoms with E-state index in [1.807, 2.05) is 25.1 Å². The molecule has 1 saturated heterocycles. The molecule has 0 saturated carbocycles. The molecule has 0 atom stereocenters. The number of amides is 1. The minimum atomic E-state index is -0.129. The molecule has 0 radical (unpaired) electrons. The molecule has 26 heavy (non-hydrogen) atoms. The van der Waals surface area contributed by atoms with Gasteiger partial charge < -0.3 is 20.3 Å². The molecule has 142 valence electrons. The van der Waals surface area contributed by atoms with Gasteiger partial charge in [0.1, 0.15) is 0 Å². The van der Waals surface area contributed by atoms with Crippen molar-refractivity contribution in [3.63, 3.8) is 0 Å². The normalized spacial score (nSPS) is 15.5. The zero-order valence-corrected chi connectivity index (χ0v) is 15.5. The molecule has 1 aromatic carbocycles. The molecule has 1 aliphatic heterocycles. The molecule has 2 N–H and O–H groups in total. The van der Waals surface area contributed by atoms with Crippen LogP contribution in [0, 0.1) is 5.92 Å². The van der Waals surface area contributed by atoms with Crippen LogP contribution in [0.25, 0.3) is 0 Å². The lowest BCUT2D eigenvalue weighted by Crippen LogP contribution is -2.47. The summed E-state index contributed by atoms with van der Waals surface area (Å²) in [5.74, 6) is 0.578. The fourth-order valence-corrected chi connectivity index (χ4v) is 2.94. The van der Waals surface area contributed by atoms with Gasteiger partial charge in [-0.1, -0.05) is 18.2 Å². The molecule has 0 bridgehead atoms. The van der Waals surface area contributed by atoms with Crippen LogP contribution in [0.5, 0.6) is 0 Å². The third-order valence-electron chi connectivity index (χ3n) is 4.36. The fraction of sp³-hybridized carbons (Fsp3) is 0.526. The second-order valence-electron chi connectivity index (χ2n) is 6.14. The van der Waals surface area contributed by atoms with Crippen molar-refractivity contribution in [3.8, 4) is 0 Å². The zero-order chi connectivity index (χ0) is 18.8. The van der Waals surface area contributed by atoms with Gasteiger partial charge in [-0.3, -0.25) is 14.6 Å². The van der Waals surface area contributed by atoms with Gasteiger partial charge in [0.05, 0.1) is 19.6 Å². The lowest BCUT2D eigenvalue weighted by molar-refractivity contribution is -0.146. The SMILES string of the molecule is CCNC(=NCCNC(=O)c1ccccc1)N1CCC(C(=O)OC)CC1. The van der Waals surface area contributed by atoms with Gasteiger partial charge in [-0.15, -0.1) is 0 Å². The number of methoxy groups -OCH3 is 1. The summed E-state index contributed by atoms with van der Waals surface area (Å²) in [5.41, 5.74) is 0.647. The number of benzene rings is 1. The maximum atomic E-state index is 12.0. The predicted octanol–water partition coefficient (Wildman–Crippen LogP) is 1.27. The Balaban J connectivity index is 1.81. The van der Waals surface area contributed by atoms with Crippen molar-refractivity contribution >= 4 is 17.8 Å². The molecule has 2 rings (SSSR count). The van der Waals surface area contributed by atoms with Crippen LogP contribution < -0.4 is 10.6 Å². The standard InChI is InChI=1S/C19H28N4O3/c1-3-20-19(23-13-9-16(10-14-23)18(25)26-2)22-12-11-21-17(24)15-7-5-4-6-8-15/h4-8,16H,3,9-14H2,1-2H3,(H,20,22)(H,21,24). The van der Waals surface area contributed by atoms with E-state index in [4.69, 9.17) is 4.74 Å². The third-order valence-corrected chi connectivity index (χ3v) is 4.36. The Labute approximate surface area is 154 Å². The lowest BCUT2D eigenvalue weighted by atomic mass is 9.97.